The van der Waals surface area contributed by atoms with Gasteiger partial charge >= 0.3 is 6.09 Å². The number of imidazole rings is 1. The van der Waals surface area contributed by atoms with Crippen LogP contribution in [0.5, 0.6) is 6.01 Å². The van der Waals surface area contributed by atoms with Gasteiger partial charge in [0.15, 0.2) is 0 Å². The second-order valence-corrected chi connectivity index (χ2v) is 10.1. The number of carbonyl (C=O) groups excluding carboxylic acids is 1. The first-order valence-electron chi connectivity index (χ1n) is 11.1. The molecule has 170 valence electrons. The molecule has 1 amide bonds. The molecule has 0 unspecified atom stereocenters. The number of amides is 1. The van der Waals surface area contributed by atoms with Gasteiger partial charge < -0.3 is 14.4 Å². The topological polar surface area (TPSA) is 56.6 Å². The number of rotatable bonds is 5. The third kappa shape index (κ3) is 5.44. The smallest absolute Gasteiger partial charge is 0.410 e. The minimum Gasteiger partial charge on any atom is -0.462 e. The number of carbonyl (C=O) groups is 1. The molecule has 3 aromatic rings. The maximum atomic E-state index is 12.7. The molecule has 0 bridgehead atoms. The zero-order valence-corrected chi connectivity index (χ0v) is 20.5. The Hall–Kier alpha value is -2.54. The van der Waals surface area contributed by atoms with E-state index in [0.717, 1.165) is 40.3 Å². The lowest BCUT2D eigenvalue weighted by atomic mass is 10.0. The molecule has 0 aliphatic carbocycles. The van der Waals surface area contributed by atoms with Gasteiger partial charge in [-0.05, 0) is 69.9 Å². The quantitative estimate of drug-likeness (QED) is 0.430. The van der Waals surface area contributed by atoms with E-state index in [1.54, 1.807) is 0 Å². The van der Waals surface area contributed by atoms with Gasteiger partial charge in [0.2, 0.25) is 0 Å². The SMILES string of the molecule is CC(C)(C)OC(=O)N1CCCC[C@@H]1COc1nc2ccccc2n1Cc1ccc(Br)cc1. The summed E-state index contributed by atoms with van der Waals surface area (Å²) in [4.78, 5) is 19.3. The fraction of sp³-hybridized carbons (Fsp3) is 0.440. The van der Waals surface area contributed by atoms with E-state index in [4.69, 9.17) is 14.5 Å². The molecule has 1 fully saturated rings. The number of aromatic nitrogens is 2. The van der Waals surface area contributed by atoms with Gasteiger partial charge in [0.05, 0.1) is 23.6 Å². The van der Waals surface area contributed by atoms with Crippen molar-refractivity contribution < 1.29 is 14.3 Å². The standard InChI is InChI=1S/C25H30BrN3O3/c1-25(2,3)32-24(30)28-15-7-6-8-20(28)17-31-23-27-21-9-4-5-10-22(21)29(23)16-18-11-13-19(26)14-12-18/h4-5,9-14,20H,6-8,15-17H2,1-3H3/t20-/m1/s1. The largest absolute Gasteiger partial charge is 0.462 e. The first-order chi connectivity index (χ1) is 15.3. The summed E-state index contributed by atoms with van der Waals surface area (Å²) in [5, 5.41) is 0. The van der Waals surface area contributed by atoms with Crippen LogP contribution in [0, 0.1) is 0 Å². The van der Waals surface area contributed by atoms with Crippen molar-refractivity contribution >= 4 is 33.1 Å². The molecule has 1 aliphatic heterocycles. The van der Waals surface area contributed by atoms with Crippen molar-refractivity contribution in [2.45, 2.75) is 58.2 Å². The van der Waals surface area contributed by atoms with E-state index >= 15 is 0 Å². The molecule has 6 nitrogen and oxygen atoms in total. The van der Waals surface area contributed by atoms with Gasteiger partial charge in [0.25, 0.3) is 6.01 Å². The van der Waals surface area contributed by atoms with Gasteiger partial charge in [0, 0.05) is 11.0 Å². The van der Waals surface area contributed by atoms with Gasteiger partial charge in [-0.25, -0.2) is 4.79 Å². The highest BCUT2D eigenvalue weighted by molar-refractivity contribution is 9.10. The Labute approximate surface area is 197 Å². The summed E-state index contributed by atoms with van der Waals surface area (Å²) in [6.07, 6.45) is 2.68. The molecule has 1 aromatic heterocycles. The van der Waals surface area contributed by atoms with Crippen molar-refractivity contribution in [3.63, 3.8) is 0 Å². The lowest BCUT2D eigenvalue weighted by Gasteiger charge is -2.36. The highest BCUT2D eigenvalue weighted by Crippen LogP contribution is 2.26. The van der Waals surface area contributed by atoms with E-state index < -0.39 is 5.60 Å². The predicted octanol–water partition coefficient (Wildman–Crippen LogP) is 6.02. The molecule has 4 rings (SSSR count). The molecular weight excluding hydrogens is 470 g/mol. The number of ether oxygens (including phenoxy) is 2. The summed E-state index contributed by atoms with van der Waals surface area (Å²) in [5.74, 6) is 0. The first-order valence-corrected chi connectivity index (χ1v) is 11.9. The van der Waals surface area contributed by atoms with E-state index in [9.17, 15) is 4.79 Å². The predicted molar refractivity (Wildman–Crippen MR) is 129 cm³/mol. The van der Waals surface area contributed by atoms with E-state index in [1.807, 2.05) is 56.0 Å². The summed E-state index contributed by atoms with van der Waals surface area (Å²) in [7, 11) is 0. The van der Waals surface area contributed by atoms with E-state index in [0.29, 0.717) is 25.7 Å². The number of fused-ring (bicyclic) bond motifs is 1. The molecule has 1 atom stereocenters. The van der Waals surface area contributed by atoms with Gasteiger partial charge in [-0.3, -0.25) is 4.57 Å². The number of hydrogen-bond acceptors (Lipinski definition) is 4. The number of likely N-dealkylation sites (tertiary alicyclic amines) is 1. The van der Waals surface area contributed by atoms with Crippen LogP contribution in [0.3, 0.4) is 0 Å². The van der Waals surface area contributed by atoms with Crippen LogP contribution in [0.1, 0.15) is 45.6 Å². The van der Waals surface area contributed by atoms with Crippen LogP contribution in [0.2, 0.25) is 0 Å². The van der Waals surface area contributed by atoms with Crippen LogP contribution in [0.4, 0.5) is 4.79 Å². The molecular formula is C25H30BrN3O3. The highest BCUT2D eigenvalue weighted by atomic mass is 79.9. The molecule has 32 heavy (non-hydrogen) atoms. The fourth-order valence-electron chi connectivity index (χ4n) is 3.99. The first kappa shape index (κ1) is 22.6. The lowest BCUT2D eigenvalue weighted by molar-refractivity contribution is 0.00290. The van der Waals surface area contributed by atoms with Gasteiger partial charge in [-0.15, -0.1) is 0 Å². The summed E-state index contributed by atoms with van der Waals surface area (Å²) in [6, 6.07) is 16.8. The zero-order chi connectivity index (χ0) is 22.7. The van der Waals surface area contributed by atoms with Crippen LogP contribution in [0.25, 0.3) is 11.0 Å². The maximum Gasteiger partial charge on any atom is 0.410 e. The van der Waals surface area contributed by atoms with E-state index in [-0.39, 0.29) is 12.1 Å². The van der Waals surface area contributed by atoms with Gasteiger partial charge in [-0.2, -0.15) is 4.98 Å². The minimum atomic E-state index is -0.515. The number of piperidine rings is 1. The monoisotopic (exact) mass is 499 g/mol. The van der Waals surface area contributed by atoms with Crippen molar-refractivity contribution in [3.8, 4) is 6.01 Å². The third-order valence-corrected chi connectivity index (χ3v) is 6.06. The number of para-hydroxylation sites is 2. The molecule has 1 aliphatic rings. The molecule has 2 heterocycles. The lowest BCUT2D eigenvalue weighted by Crippen LogP contribution is -2.48. The van der Waals surface area contributed by atoms with Crippen LogP contribution in [0.15, 0.2) is 53.0 Å². The second-order valence-electron chi connectivity index (χ2n) is 9.23. The molecule has 1 saturated heterocycles. The molecule has 0 saturated carbocycles. The number of halogens is 1. The van der Waals surface area contributed by atoms with Crippen LogP contribution in [-0.2, 0) is 11.3 Å². The molecule has 0 spiro atoms. The molecule has 2 aromatic carbocycles. The molecule has 0 radical (unpaired) electrons. The summed E-state index contributed by atoms with van der Waals surface area (Å²) in [5.41, 5.74) is 2.57. The highest BCUT2D eigenvalue weighted by Gasteiger charge is 2.31. The van der Waals surface area contributed by atoms with E-state index in [1.165, 1.54) is 0 Å². The Morgan fingerprint density at radius 3 is 2.62 bits per heavy atom. The van der Waals surface area contributed by atoms with Crippen molar-refractivity contribution in [3.05, 3.63) is 58.6 Å². The number of benzene rings is 2. The third-order valence-electron chi connectivity index (χ3n) is 5.53. The Bertz CT molecular complexity index is 1070. The zero-order valence-electron chi connectivity index (χ0n) is 18.9. The van der Waals surface area contributed by atoms with Crippen molar-refractivity contribution in [2.24, 2.45) is 0 Å². The summed E-state index contributed by atoms with van der Waals surface area (Å²) in [6.45, 7) is 7.42. The van der Waals surface area contributed by atoms with Crippen LogP contribution < -0.4 is 4.74 Å². The normalized spacial score (nSPS) is 16.9. The van der Waals surface area contributed by atoms with Crippen molar-refractivity contribution in [1.29, 1.82) is 0 Å². The Morgan fingerprint density at radius 2 is 1.88 bits per heavy atom. The molecule has 0 N–H and O–H groups in total. The van der Waals surface area contributed by atoms with Crippen LogP contribution in [-0.4, -0.2) is 45.3 Å². The average Bonchev–Trinajstić information content (AvgIpc) is 3.10. The average molecular weight is 500 g/mol. The number of nitrogens with zero attached hydrogens (tertiary/aromatic N) is 3. The molecule has 7 heteroatoms. The Balaban J connectivity index is 1.54. The summed E-state index contributed by atoms with van der Waals surface area (Å²) >= 11 is 3.50. The van der Waals surface area contributed by atoms with Crippen LogP contribution >= 0.6 is 15.9 Å². The minimum absolute atomic E-state index is 0.0282. The van der Waals surface area contributed by atoms with Crippen molar-refractivity contribution in [1.82, 2.24) is 14.5 Å². The van der Waals surface area contributed by atoms with Crippen molar-refractivity contribution in [2.75, 3.05) is 13.2 Å². The summed E-state index contributed by atoms with van der Waals surface area (Å²) < 4.78 is 15.0. The Morgan fingerprint density at radius 1 is 1.12 bits per heavy atom. The van der Waals surface area contributed by atoms with Gasteiger partial charge in [0.1, 0.15) is 12.2 Å². The van der Waals surface area contributed by atoms with Gasteiger partial charge in [-0.1, -0.05) is 40.2 Å². The number of hydrogen-bond donors (Lipinski definition) is 0. The fourth-order valence-corrected chi connectivity index (χ4v) is 4.26. The van der Waals surface area contributed by atoms with E-state index in [2.05, 4.69) is 38.7 Å². The second kappa shape index (κ2) is 9.53. The Kier molecular flexibility index (Phi) is 6.74. The maximum absolute atomic E-state index is 12.7.